The summed E-state index contributed by atoms with van der Waals surface area (Å²) in [5.74, 6) is 1.39. The van der Waals surface area contributed by atoms with E-state index in [1.807, 2.05) is 24.3 Å². The Labute approximate surface area is 159 Å². The molecule has 28 heavy (non-hydrogen) atoms. The number of furan rings is 1. The smallest absolute Gasteiger partial charge is 0.228 e. The van der Waals surface area contributed by atoms with Crippen LogP contribution in [0.5, 0.6) is 5.88 Å². The van der Waals surface area contributed by atoms with E-state index in [1.165, 1.54) is 6.92 Å². The van der Waals surface area contributed by atoms with Crippen LogP contribution >= 0.6 is 0 Å². The monoisotopic (exact) mass is 373 g/mol. The number of Topliss-reactive ketones (excluding diaryl/α,β-unsaturated/α-hetero) is 1. The number of rotatable bonds is 3. The highest BCUT2D eigenvalue weighted by Crippen LogP contribution is 2.44. The number of hydrogen-bond donors (Lipinski definition) is 0. The molecule has 0 saturated heterocycles. The number of carbonyl (C=O) groups excluding carboxylic acids is 1. The first-order valence-electron chi connectivity index (χ1n) is 8.73. The molecule has 0 radical (unpaired) electrons. The standard InChI is InChI=1S/C20H15N5O3/c1-11(26)15-12(2)28-20-17(16(15)14-7-5-9-27-14)19-23-18(24-25(19)10-22-20)13-6-3-4-8-21-13/h3-10,16H,1-2H3/t16-/m0/s1. The van der Waals surface area contributed by atoms with Crippen molar-refractivity contribution in [3.05, 3.63) is 71.8 Å². The van der Waals surface area contributed by atoms with Gasteiger partial charge in [-0.25, -0.2) is 14.5 Å². The van der Waals surface area contributed by atoms with Crippen LogP contribution in [0.15, 0.2) is 64.9 Å². The molecule has 0 unspecified atom stereocenters. The molecule has 1 aliphatic heterocycles. The molecule has 0 fully saturated rings. The molecule has 0 aromatic carbocycles. The van der Waals surface area contributed by atoms with Crippen molar-refractivity contribution in [1.82, 2.24) is 24.6 Å². The van der Waals surface area contributed by atoms with Gasteiger partial charge in [0.1, 0.15) is 23.5 Å². The number of allylic oxidation sites excluding steroid dienone is 2. The van der Waals surface area contributed by atoms with E-state index < -0.39 is 5.92 Å². The van der Waals surface area contributed by atoms with Crippen LogP contribution in [-0.4, -0.2) is 30.3 Å². The molecule has 8 nitrogen and oxygen atoms in total. The Morgan fingerprint density at radius 2 is 2.07 bits per heavy atom. The summed E-state index contributed by atoms with van der Waals surface area (Å²) < 4.78 is 13.1. The van der Waals surface area contributed by atoms with E-state index in [0.29, 0.717) is 45.7 Å². The maximum Gasteiger partial charge on any atom is 0.228 e. The topological polar surface area (TPSA) is 95.4 Å². The van der Waals surface area contributed by atoms with Crippen molar-refractivity contribution in [2.24, 2.45) is 0 Å². The molecule has 138 valence electrons. The van der Waals surface area contributed by atoms with Gasteiger partial charge in [0.15, 0.2) is 11.4 Å². The van der Waals surface area contributed by atoms with E-state index in [1.54, 1.807) is 36.3 Å². The van der Waals surface area contributed by atoms with E-state index >= 15 is 0 Å². The molecule has 0 bridgehead atoms. The summed E-state index contributed by atoms with van der Waals surface area (Å²) >= 11 is 0. The Balaban J connectivity index is 1.79. The Bertz CT molecular complexity index is 1230. The lowest BCUT2D eigenvalue weighted by Gasteiger charge is -2.26. The van der Waals surface area contributed by atoms with Crippen LogP contribution in [0, 0.1) is 0 Å². The van der Waals surface area contributed by atoms with Crippen LogP contribution in [0.2, 0.25) is 0 Å². The number of aromatic nitrogens is 5. The van der Waals surface area contributed by atoms with Gasteiger partial charge in [-0.3, -0.25) is 9.78 Å². The van der Waals surface area contributed by atoms with Gasteiger partial charge in [0, 0.05) is 11.8 Å². The fourth-order valence-electron chi connectivity index (χ4n) is 3.54. The fourth-order valence-corrected chi connectivity index (χ4v) is 3.54. The van der Waals surface area contributed by atoms with Gasteiger partial charge < -0.3 is 9.15 Å². The van der Waals surface area contributed by atoms with Gasteiger partial charge in [0.2, 0.25) is 11.7 Å². The Morgan fingerprint density at radius 1 is 1.18 bits per heavy atom. The first-order valence-corrected chi connectivity index (χ1v) is 8.73. The minimum absolute atomic E-state index is 0.101. The molecule has 0 N–H and O–H groups in total. The van der Waals surface area contributed by atoms with E-state index in [0.717, 1.165) is 0 Å². The zero-order valence-corrected chi connectivity index (χ0v) is 15.2. The van der Waals surface area contributed by atoms with Crippen molar-refractivity contribution in [2.75, 3.05) is 0 Å². The molecule has 0 amide bonds. The number of ether oxygens (including phenoxy) is 1. The van der Waals surface area contributed by atoms with Gasteiger partial charge >= 0.3 is 0 Å². The average Bonchev–Trinajstić information content (AvgIpc) is 3.37. The second-order valence-electron chi connectivity index (χ2n) is 6.46. The third-order valence-corrected chi connectivity index (χ3v) is 4.69. The van der Waals surface area contributed by atoms with E-state index in [2.05, 4.69) is 20.1 Å². The zero-order valence-electron chi connectivity index (χ0n) is 15.2. The largest absolute Gasteiger partial charge is 0.468 e. The molecule has 4 aromatic heterocycles. The normalized spacial score (nSPS) is 16.1. The summed E-state index contributed by atoms with van der Waals surface area (Å²) in [4.78, 5) is 25.8. The van der Waals surface area contributed by atoms with Crippen molar-refractivity contribution in [2.45, 2.75) is 19.8 Å². The second-order valence-corrected chi connectivity index (χ2v) is 6.46. The van der Waals surface area contributed by atoms with E-state index in [-0.39, 0.29) is 5.78 Å². The van der Waals surface area contributed by atoms with Crippen molar-refractivity contribution in [1.29, 1.82) is 0 Å². The predicted molar refractivity (Wildman–Crippen MR) is 98.6 cm³/mol. The molecule has 5 rings (SSSR count). The van der Waals surface area contributed by atoms with E-state index in [9.17, 15) is 4.79 Å². The molecule has 5 heterocycles. The van der Waals surface area contributed by atoms with Crippen LogP contribution in [0.1, 0.15) is 31.1 Å². The summed E-state index contributed by atoms with van der Waals surface area (Å²) in [7, 11) is 0. The molecular weight excluding hydrogens is 358 g/mol. The number of carbonyl (C=O) groups is 1. The highest BCUT2D eigenvalue weighted by molar-refractivity contribution is 5.97. The minimum atomic E-state index is -0.478. The van der Waals surface area contributed by atoms with Gasteiger partial charge in [-0.05, 0) is 38.1 Å². The summed E-state index contributed by atoms with van der Waals surface area (Å²) in [5, 5.41) is 4.49. The van der Waals surface area contributed by atoms with Gasteiger partial charge in [0.25, 0.3) is 0 Å². The van der Waals surface area contributed by atoms with Gasteiger partial charge in [-0.2, -0.15) is 0 Å². The Kier molecular flexibility index (Phi) is 3.58. The molecule has 4 aromatic rings. The van der Waals surface area contributed by atoms with Crippen LogP contribution in [0.4, 0.5) is 0 Å². The molecule has 1 aliphatic rings. The van der Waals surface area contributed by atoms with E-state index in [4.69, 9.17) is 9.15 Å². The third-order valence-electron chi connectivity index (χ3n) is 4.69. The SMILES string of the molecule is CC(=O)C1=C(C)Oc2ncn3nc(-c4ccccn4)nc3c2[C@H]1c1ccco1. The van der Waals surface area contributed by atoms with Crippen LogP contribution < -0.4 is 4.74 Å². The highest BCUT2D eigenvalue weighted by Gasteiger charge is 2.37. The number of ketones is 1. The summed E-state index contributed by atoms with van der Waals surface area (Å²) in [5.41, 5.74) is 2.34. The maximum absolute atomic E-state index is 12.4. The van der Waals surface area contributed by atoms with Gasteiger partial charge in [-0.15, -0.1) is 5.10 Å². The number of hydrogen-bond acceptors (Lipinski definition) is 7. The van der Waals surface area contributed by atoms with Crippen LogP contribution in [0.25, 0.3) is 17.2 Å². The summed E-state index contributed by atoms with van der Waals surface area (Å²) in [6.07, 6.45) is 4.80. The fraction of sp³-hybridized carbons (Fsp3) is 0.150. The molecule has 0 saturated carbocycles. The lowest BCUT2D eigenvalue weighted by molar-refractivity contribution is -0.114. The molecule has 0 spiro atoms. The lowest BCUT2D eigenvalue weighted by atomic mass is 9.85. The number of nitrogens with zero attached hydrogens (tertiary/aromatic N) is 5. The average molecular weight is 373 g/mol. The van der Waals surface area contributed by atoms with Crippen molar-refractivity contribution in [3.63, 3.8) is 0 Å². The highest BCUT2D eigenvalue weighted by atomic mass is 16.5. The van der Waals surface area contributed by atoms with Crippen molar-refractivity contribution >= 4 is 11.4 Å². The first kappa shape index (κ1) is 16.4. The number of fused-ring (bicyclic) bond motifs is 3. The third kappa shape index (κ3) is 2.42. The number of pyridine rings is 1. The molecular formula is C20H15N5O3. The summed E-state index contributed by atoms with van der Waals surface area (Å²) in [6.45, 7) is 3.27. The van der Waals surface area contributed by atoms with Crippen LogP contribution in [-0.2, 0) is 4.79 Å². The first-order chi connectivity index (χ1) is 13.6. The van der Waals surface area contributed by atoms with Crippen LogP contribution in [0.3, 0.4) is 0 Å². The summed E-state index contributed by atoms with van der Waals surface area (Å²) in [6, 6.07) is 9.15. The quantitative estimate of drug-likeness (QED) is 0.544. The van der Waals surface area contributed by atoms with Crippen molar-refractivity contribution < 1.29 is 13.9 Å². The minimum Gasteiger partial charge on any atom is -0.468 e. The molecule has 0 aliphatic carbocycles. The lowest BCUT2D eigenvalue weighted by Crippen LogP contribution is -2.21. The van der Waals surface area contributed by atoms with Crippen molar-refractivity contribution in [3.8, 4) is 17.4 Å². The maximum atomic E-state index is 12.4. The van der Waals surface area contributed by atoms with Gasteiger partial charge in [0.05, 0.1) is 17.7 Å². The molecule has 1 atom stereocenters. The van der Waals surface area contributed by atoms with Gasteiger partial charge in [-0.1, -0.05) is 6.07 Å². The molecule has 8 heteroatoms. The predicted octanol–water partition coefficient (Wildman–Crippen LogP) is 3.17. The zero-order chi connectivity index (χ0) is 19.3. The second kappa shape index (κ2) is 6.12. The Hall–Kier alpha value is -3.81. The Morgan fingerprint density at radius 3 is 2.79 bits per heavy atom.